The molecule has 0 bridgehead atoms. The largest absolute Gasteiger partial charge is 0.478 e. The number of hydrogen-bond donors (Lipinski definition) is 2. The molecule has 7 nitrogen and oxygen atoms in total. The molecule has 1 saturated carbocycles. The van der Waals surface area contributed by atoms with Crippen molar-refractivity contribution in [3.63, 3.8) is 0 Å². The number of aliphatic carboxylic acids is 1. The first-order chi connectivity index (χ1) is 17.7. The van der Waals surface area contributed by atoms with E-state index in [0.717, 1.165) is 31.2 Å². The van der Waals surface area contributed by atoms with Crippen LogP contribution in [0.4, 0.5) is 5.69 Å². The number of anilines is 1. The first-order valence-corrected chi connectivity index (χ1v) is 13.8. The second kappa shape index (κ2) is 11.5. The third-order valence-corrected chi connectivity index (χ3v) is 8.07. The van der Waals surface area contributed by atoms with Crippen LogP contribution in [0, 0.1) is 11.8 Å². The molecule has 2 amide bonds. The first-order valence-electron chi connectivity index (χ1n) is 12.5. The molecule has 1 atom stereocenters. The van der Waals surface area contributed by atoms with Crippen LogP contribution in [0.15, 0.2) is 52.9 Å². The number of rotatable bonds is 7. The Morgan fingerprint density at radius 2 is 1.81 bits per heavy atom. The van der Waals surface area contributed by atoms with Crippen LogP contribution in [0.5, 0.6) is 0 Å². The molecule has 1 fully saturated rings. The van der Waals surface area contributed by atoms with Crippen LogP contribution in [0.25, 0.3) is 5.57 Å². The lowest BCUT2D eigenvalue weighted by Gasteiger charge is -2.39. The quantitative estimate of drug-likeness (QED) is 0.446. The van der Waals surface area contributed by atoms with E-state index < -0.39 is 12.0 Å². The predicted molar refractivity (Wildman–Crippen MR) is 150 cm³/mol. The van der Waals surface area contributed by atoms with Crippen LogP contribution in [0.2, 0.25) is 0 Å². The summed E-state index contributed by atoms with van der Waals surface area (Å²) in [5.74, 6) is -0.827. The highest BCUT2D eigenvalue weighted by Crippen LogP contribution is 2.34. The molecule has 4 rings (SSSR count). The van der Waals surface area contributed by atoms with Crippen LogP contribution < -0.4 is 5.32 Å². The number of nitrogens with one attached hydrogen (secondary N) is 1. The Hall–Kier alpha value is -3.17. The molecule has 1 heterocycles. The zero-order valence-corrected chi connectivity index (χ0v) is 22.8. The van der Waals surface area contributed by atoms with E-state index in [-0.39, 0.29) is 34.2 Å². The number of thiazole rings is 1. The fourth-order valence-electron chi connectivity index (χ4n) is 4.93. The van der Waals surface area contributed by atoms with Gasteiger partial charge in [-0.3, -0.25) is 9.59 Å². The lowest BCUT2D eigenvalue weighted by molar-refractivity contribution is -0.139. The number of carbonyl (C=O) groups is 3. The standard InChI is InChI=1S/C28H31N3O4S2/c1-16(2)31(27(33)19-6-4-17(3)5-7-19)24-13-20(12-22(25(24)36)28(34)35)18-8-10-21(11-9-18)30-26(32)23-14-37-15-29-23/h8-17,19,24H,4-7H2,1-3H3,(H,30,32)(H,34,35). The predicted octanol–water partition coefficient (Wildman–Crippen LogP) is 5.61. The van der Waals surface area contributed by atoms with E-state index in [4.69, 9.17) is 12.2 Å². The van der Waals surface area contributed by atoms with Gasteiger partial charge in [-0.1, -0.05) is 31.3 Å². The second-order valence-corrected chi connectivity index (χ2v) is 11.2. The highest BCUT2D eigenvalue weighted by molar-refractivity contribution is 7.81. The van der Waals surface area contributed by atoms with Crippen molar-refractivity contribution in [1.82, 2.24) is 9.88 Å². The number of benzene rings is 1. The average molecular weight is 538 g/mol. The van der Waals surface area contributed by atoms with Gasteiger partial charge in [-0.25, -0.2) is 9.78 Å². The summed E-state index contributed by atoms with van der Waals surface area (Å²) in [5.41, 5.74) is 4.00. The lowest BCUT2D eigenvalue weighted by Crippen LogP contribution is -2.51. The molecule has 0 radical (unpaired) electrons. The maximum atomic E-state index is 13.7. The molecule has 1 aromatic carbocycles. The molecule has 2 N–H and O–H groups in total. The lowest BCUT2D eigenvalue weighted by atomic mass is 9.81. The SMILES string of the molecule is CC1CCC(C(=O)N(C(C)C)C2C=C(c3ccc(NC(=O)c4cscn4)cc3)C=C(C(=O)O)C2=S)CC1. The van der Waals surface area contributed by atoms with Crippen molar-refractivity contribution >= 4 is 57.5 Å². The Labute approximate surface area is 226 Å². The van der Waals surface area contributed by atoms with E-state index in [2.05, 4.69) is 17.2 Å². The van der Waals surface area contributed by atoms with Gasteiger partial charge in [-0.15, -0.1) is 11.3 Å². The Morgan fingerprint density at radius 3 is 2.38 bits per heavy atom. The van der Waals surface area contributed by atoms with Gasteiger partial charge in [0, 0.05) is 23.0 Å². The molecule has 2 aliphatic rings. The van der Waals surface area contributed by atoms with E-state index in [1.807, 2.05) is 32.1 Å². The van der Waals surface area contributed by atoms with E-state index in [9.17, 15) is 19.5 Å². The maximum Gasteiger partial charge on any atom is 0.336 e. The third kappa shape index (κ3) is 6.05. The number of carbonyl (C=O) groups excluding carboxylic acids is 2. The number of carboxylic acid groups (broad SMARTS) is 1. The molecule has 2 aliphatic carbocycles. The second-order valence-electron chi connectivity index (χ2n) is 10.00. The number of carboxylic acids is 1. The monoisotopic (exact) mass is 537 g/mol. The molecule has 0 spiro atoms. The normalized spacial score (nSPS) is 21.7. The van der Waals surface area contributed by atoms with Crippen LogP contribution in [-0.4, -0.2) is 49.7 Å². The van der Waals surface area contributed by atoms with Crippen LogP contribution >= 0.6 is 23.6 Å². The summed E-state index contributed by atoms with van der Waals surface area (Å²) in [6, 6.07) is 6.36. The Bertz CT molecular complexity index is 1240. The smallest absolute Gasteiger partial charge is 0.336 e. The van der Waals surface area contributed by atoms with E-state index in [1.165, 1.54) is 11.3 Å². The third-order valence-electron chi connectivity index (χ3n) is 7.02. The molecule has 0 aliphatic heterocycles. The average Bonchev–Trinajstić information content (AvgIpc) is 3.41. The minimum atomic E-state index is -1.12. The van der Waals surface area contributed by atoms with Crippen molar-refractivity contribution in [2.45, 2.75) is 58.5 Å². The minimum Gasteiger partial charge on any atom is -0.478 e. The molecular formula is C28H31N3O4S2. The summed E-state index contributed by atoms with van der Waals surface area (Å²) >= 11 is 6.98. The van der Waals surface area contributed by atoms with Crippen molar-refractivity contribution in [2.24, 2.45) is 11.8 Å². The zero-order chi connectivity index (χ0) is 26.7. The summed E-state index contributed by atoms with van der Waals surface area (Å²) in [7, 11) is 0. The highest BCUT2D eigenvalue weighted by Gasteiger charge is 2.37. The molecule has 0 saturated heterocycles. The molecular weight excluding hydrogens is 506 g/mol. The van der Waals surface area contributed by atoms with Gasteiger partial charge in [0.05, 0.1) is 22.0 Å². The first kappa shape index (κ1) is 26.9. The topological polar surface area (TPSA) is 99.6 Å². The van der Waals surface area contributed by atoms with Crippen molar-refractivity contribution in [3.05, 3.63) is 64.1 Å². The van der Waals surface area contributed by atoms with Gasteiger partial charge in [0.25, 0.3) is 5.91 Å². The van der Waals surface area contributed by atoms with Crippen molar-refractivity contribution in [3.8, 4) is 0 Å². The number of nitrogens with zero attached hydrogens (tertiary/aromatic N) is 2. The summed E-state index contributed by atoms with van der Waals surface area (Å²) in [6.07, 6.45) is 7.18. The summed E-state index contributed by atoms with van der Waals surface area (Å²) < 4.78 is 0. The molecule has 1 unspecified atom stereocenters. The van der Waals surface area contributed by atoms with Crippen LogP contribution in [0.3, 0.4) is 0 Å². The Balaban J connectivity index is 1.62. The summed E-state index contributed by atoms with van der Waals surface area (Å²) in [6.45, 7) is 6.10. The maximum absolute atomic E-state index is 13.7. The Morgan fingerprint density at radius 1 is 1.14 bits per heavy atom. The summed E-state index contributed by atoms with van der Waals surface area (Å²) in [5, 5.41) is 14.4. The van der Waals surface area contributed by atoms with Crippen molar-refractivity contribution in [2.75, 3.05) is 5.32 Å². The molecule has 1 aromatic heterocycles. The van der Waals surface area contributed by atoms with Crippen molar-refractivity contribution in [1.29, 1.82) is 0 Å². The zero-order valence-electron chi connectivity index (χ0n) is 21.1. The van der Waals surface area contributed by atoms with Gasteiger partial charge in [0.1, 0.15) is 5.69 Å². The van der Waals surface area contributed by atoms with Crippen LogP contribution in [0.1, 0.15) is 62.5 Å². The minimum absolute atomic E-state index is 0.0223. The van der Waals surface area contributed by atoms with Crippen molar-refractivity contribution < 1.29 is 19.5 Å². The molecule has 194 valence electrons. The number of thiocarbonyl (C=S) groups is 1. The van der Waals surface area contributed by atoms with Gasteiger partial charge in [0.15, 0.2) is 0 Å². The van der Waals surface area contributed by atoms with Gasteiger partial charge in [0.2, 0.25) is 5.91 Å². The Kier molecular flexibility index (Phi) is 8.34. The highest BCUT2D eigenvalue weighted by atomic mass is 32.1. The van der Waals surface area contributed by atoms with Gasteiger partial charge >= 0.3 is 5.97 Å². The van der Waals surface area contributed by atoms with E-state index in [0.29, 0.717) is 22.9 Å². The number of aromatic nitrogens is 1. The number of amides is 2. The van der Waals surface area contributed by atoms with Gasteiger partial charge in [-0.2, -0.15) is 0 Å². The molecule has 37 heavy (non-hydrogen) atoms. The van der Waals surface area contributed by atoms with E-state index >= 15 is 0 Å². The fraction of sp³-hybridized carbons (Fsp3) is 0.393. The number of hydrogen-bond acceptors (Lipinski definition) is 6. The molecule has 9 heteroatoms. The van der Waals surface area contributed by atoms with Gasteiger partial charge in [-0.05, 0) is 80.9 Å². The molecule has 2 aromatic rings. The van der Waals surface area contributed by atoms with Crippen LogP contribution in [-0.2, 0) is 9.59 Å². The fourth-order valence-corrected chi connectivity index (χ4v) is 5.79. The summed E-state index contributed by atoms with van der Waals surface area (Å²) in [4.78, 5) is 44.1. The van der Waals surface area contributed by atoms with E-state index in [1.54, 1.807) is 34.0 Å². The van der Waals surface area contributed by atoms with Gasteiger partial charge < -0.3 is 15.3 Å². The number of allylic oxidation sites excluding steroid dienone is 2.